The number of ether oxygens (including phenoxy) is 1. The number of nitro benzene ring substituents is 1. The molecule has 0 aromatic heterocycles. The van der Waals surface area contributed by atoms with Crippen LogP contribution in [0.2, 0.25) is 0 Å². The topological polar surface area (TPSA) is 64.4 Å². The third-order valence-electron chi connectivity index (χ3n) is 2.71. The summed E-state index contributed by atoms with van der Waals surface area (Å²) in [6, 6.07) is 4.63. The van der Waals surface area contributed by atoms with Crippen molar-refractivity contribution in [3.63, 3.8) is 0 Å². The number of benzene rings is 1. The molecule has 0 spiro atoms. The molecular weight excluding hydrogens is 256 g/mol. The highest BCUT2D eigenvalue weighted by Crippen LogP contribution is 2.25. The van der Waals surface area contributed by atoms with Gasteiger partial charge in [0.1, 0.15) is 11.9 Å². The summed E-state index contributed by atoms with van der Waals surface area (Å²) in [5.41, 5.74) is 0.753. The molecule has 110 valence electrons. The SMILES string of the molecule is C=CC(C)Oc1ccc([N+](=O)[O-])cc1CNC(C)(C)C. The first kappa shape index (κ1) is 16.2. The molecule has 5 nitrogen and oxygen atoms in total. The van der Waals surface area contributed by atoms with E-state index in [1.165, 1.54) is 6.07 Å². The first-order valence-corrected chi connectivity index (χ1v) is 6.54. The Labute approximate surface area is 119 Å². The molecule has 0 saturated carbocycles. The Balaban J connectivity index is 3.02. The fraction of sp³-hybridized carbons (Fsp3) is 0.467. The van der Waals surface area contributed by atoms with Crippen LogP contribution in [-0.4, -0.2) is 16.6 Å². The van der Waals surface area contributed by atoms with Gasteiger partial charge in [0.05, 0.1) is 4.92 Å². The van der Waals surface area contributed by atoms with Crippen molar-refractivity contribution in [3.8, 4) is 5.75 Å². The van der Waals surface area contributed by atoms with E-state index in [1.54, 1.807) is 18.2 Å². The van der Waals surface area contributed by atoms with Gasteiger partial charge in [-0.3, -0.25) is 10.1 Å². The fourth-order valence-electron chi connectivity index (χ4n) is 1.54. The lowest BCUT2D eigenvalue weighted by Gasteiger charge is -2.22. The molecule has 1 aromatic rings. The smallest absolute Gasteiger partial charge is 0.270 e. The maximum absolute atomic E-state index is 10.9. The number of non-ortho nitro benzene ring substituents is 1. The van der Waals surface area contributed by atoms with Gasteiger partial charge in [-0.05, 0) is 33.8 Å². The van der Waals surface area contributed by atoms with Crippen molar-refractivity contribution in [1.82, 2.24) is 5.32 Å². The molecule has 0 radical (unpaired) electrons. The lowest BCUT2D eigenvalue weighted by atomic mass is 10.1. The molecule has 0 fully saturated rings. The Bertz CT molecular complexity index is 492. The number of hydrogen-bond donors (Lipinski definition) is 1. The predicted molar refractivity (Wildman–Crippen MR) is 80.0 cm³/mol. The van der Waals surface area contributed by atoms with E-state index in [9.17, 15) is 10.1 Å². The molecule has 0 aliphatic rings. The highest BCUT2D eigenvalue weighted by atomic mass is 16.6. The number of rotatable bonds is 6. The summed E-state index contributed by atoms with van der Waals surface area (Å²) >= 11 is 0. The number of nitro groups is 1. The van der Waals surface area contributed by atoms with E-state index in [1.807, 2.05) is 27.7 Å². The van der Waals surface area contributed by atoms with E-state index in [-0.39, 0.29) is 17.3 Å². The van der Waals surface area contributed by atoms with Crippen LogP contribution in [0.15, 0.2) is 30.9 Å². The summed E-state index contributed by atoms with van der Waals surface area (Å²) in [5, 5.41) is 14.2. The van der Waals surface area contributed by atoms with E-state index in [2.05, 4.69) is 11.9 Å². The number of nitrogens with one attached hydrogen (secondary N) is 1. The Morgan fingerprint density at radius 3 is 2.65 bits per heavy atom. The van der Waals surface area contributed by atoms with Gasteiger partial charge < -0.3 is 10.1 Å². The zero-order valence-corrected chi connectivity index (χ0v) is 12.5. The van der Waals surface area contributed by atoms with Crippen LogP contribution in [0.4, 0.5) is 5.69 Å². The molecule has 0 saturated heterocycles. The van der Waals surface area contributed by atoms with E-state index in [0.717, 1.165) is 5.56 Å². The summed E-state index contributed by atoms with van der Waals surface area (Å²) < 4.78 is 5.71. The maximum Gasteiger partial charge on any atom is 0.270 e. The maximum atomic E-state index is 10.9. The first-order valence-electron chi connectivity index (χ1n) is 6.54. The van der Waals surface area contributed by atoms with Crippen LogP contribution in [0.5, 0.6) is 5.75 Å². The highest BCUT2D eigenvalue weighted by Gasteiger charge is 2.15. The van der Waals surface area contributed by atoms with Gasteiger partial charge in [-0.15, -0.1) is 0 Å². The minimum Gasteiger partial charge on any atom is -0.486 e. The summed E-state index contributed by atoms with van der Waals surface area (Å²) in [5.74, 6) is 0.639. The third-order valence-corrected chi connectivity index (χ3v) is 2.71. The predicted octanol–water partition coefficient (Wildman–Crippen LogP) is 3.44. The molecule has 20 heavy (non-hydrogen) atoms. The van der Waals surface area contributed by atoms with Crippen molar-refractivity contribution in [1.29, 1.82) is 0 Å². The van der Waals surface area contributed by atoms with Gasteiger partial charge in [-0.25, -0.2) is 0 Å². The van der Waals surface area contributed by atoms with Crippen molar-refractivity contribution in [3.05, 3.63) is 46.5 Å². The summed E-state index contributed by atoms with van der Waals surface area (Å²) in [6.45, 7) is 12.2. The minimum atomic E-state index is -0.401. The van der Waals surface area contributed by atoms with E-state index < -0.39 is 4.92 Å². The highest BCUT2D eigenvalue weighted by molar-refractivity contribution is 5.44. The molecular formula is C15H22N2O3. The molecule has 0 heterocycles. The minimum absolute atomic E-state index is 0.0642. The zero-order valence-electron chi connectivity index (χ0n) is 12.5. The van der Waals surface area contributed by atoms with E-state index >= 15 is 0 Å². The Kier molecular flexibility index (Phi) is 5.27. The molecule has 0 bridgehead atoms. The first-order chi connectivity index (χ1) is 9.23. The quantitative estimate of drug-likeness (QED) is 0.492. The van der Waals surface area contributed by atoms with Crippen LogP contribution in [0.1, 0.15) is 33.3 Å². The summed E-state index contributed by atoms with van der Waals surface area (Å²) in [7, 11) is 0. The number of nitrogens with zero attached hydrogens (tertiary/aromatic N) is 1. The third kappa shape index (κ3) is 5.01. The second-order valence-electron chi connectivity index (χ2n) is 5.71. The second kappa shape index (κ2) is 6.52. The summed E-state index contributed by atoms with van der Waals surface area (Å²) in [6.07, 6.45) is 1.53. The molecule has 1 N–H and O–H groups in total. The van der Waals surface area contributed by atoms with Gasteiger partial charge in [-0.2, -0.15) is 0 Å². The number of hydrogen-bond acceptors (Lipinski definition) is 4. The molecule has 1 atom stereocenters. The van der Waals surface area contributed by atoms with Crippen LogP contribution in [-0.2, 0) is 6.54 Å². The van der Waals surface area contributed by atoms with Gasteiger partial charge in [-0.1, -0.05) is 12.7 Å². The van der Waals surface area contributed by atoms with Crippen LogP contribution in [0, 0.1) is 10.1 Å². The van der Waals surface area contributed by atoms with Crippen LogP contribution < -0.4 is 10.1 Å². The summed E-state index contributed by atoms with van der Waals surface area (Å²) in [4.78, 5) is 10.5. The zero-order chi connectivity index (χ0) is 15.3. The monoisotopic (exact) mass is 278 g/mol. The Hall–Kier alpha value is -1.88. The van der Waals surface area contributed by atoms with Gasteiger partial charge in [0.15, 0.2) is 0 Å². The Morgan fingerprint density at radius 1 is 1.50 bits per heavy atom. The second-order valence-corrected chi connectivity index (χ2v) is 5.71. The lowest BCUT2D eigenvalue weighted by molar-refractivity contribution is -0.384. The molecule has 0 aliphatic carbocycles. The van der Waals surface area contributed by atoms with Crippen LogP contribution in [0.3, 0.4) is 0 Å². The molecule has 0 aliphatic heterocycles. The fourth-order valence-corrected chi connectivity index (χ4v) is 1.54. The van der Waals surface area contributed by atoms with Gasteiger partial charge >= 0.3 is 0 Å². The van der Waals surface area contributed by atoms with Crippen LogP contribution >= 0.6 is 0 Å². The van der Waals surface area contributed by atoms with Gasteiger partial charge in [0.25, 0.3) is 5.69 Å². The van der Waals surface area contributed by atoms with Crippen molar-refractivity contribution >= 4 is 5.69 Å². The van der Waals surface area contributed by atoms with Gasteiger partial charge in [0.2, 0.25) is 0 Å². The average molecular weight is 278 g/mol. The van der Waals surface area contributed by atoms with E-state index in [0.29, 0.717) is 12.3 Å². The van der Waals surface area contributed by atoms with Crippen molar-refractivity contribution in [2.75, 3.05) is 0 Å². The molecule has 0 amide bonds. The molecule has 1 rings (SSSR count). The van der Waals surface area contributed by atoms with Crippen LogP contribution in [0.25, 0.3) is 0 Å². The van der Waals surface area contributed by atoms with Crippen molar-refractivity contribution in [2.45, 2.75) is 45.9 Å². The largest absolute Gasteiger partial charge is 0.486 e. The van der Waals surface area contributed by atoms with E-state index in [4.69, 9.17) is 4.74 Å². The standard InChI is InChI=1S/C15H22N2O3/c1-6-11(2)20-14-8-7-13(17(18)19)9-12(14)10-16-15(3,4)5/h6-9,11,16H,1,10H2,2-5H3. The van der Waals surface area contributed by atoms with Crippen molar-refractivity contribution < 1.29 is 9.66 Å². The van der Waals surface area contributed by atoms with Gasteiger partial charge in [0, 0.05) is 29.8 Å². The lowest BCUT2D eigenvalue weighted by Crippen LogP contribution is -2.35. The molecule has 1 unspecified atom stereocenters. The molecule has 1 aromatic carbocycles. The molecule has 5 heteroatoms. The normalized spacial score (nSPS) is 12.8. The van der Waals surface area contributed by atoms with Crippen molar-refractivity contribution in [2.24, 2.45) is 0 Å². The Morgan fingerprint density at radius 2 is 2.15 bits per heavy atom. The average Bonchev–Trinajstić information content (AvgIpc) is 2.36.